The summed E-state index contributed by atoms with van der Waals surface area (Å²) in [4.78, 5) is 11.0. The van der Waals surface area contributed by atoms with E-state index in [0.717, 1.165) is 11.4 Å². The van der Waals surface area contributed by atoms with Crippen LogP contribution in [0.1, 0.15) is 23.0 Å². The van der Waals surface area contributed by atoms with E-state index in [9.17, 15) is 9.90 Å². The molecule has 1 heterocycles. The lowest BCUT2D eigenvalue weighted by molar-refractivity contribution is 0.0696. The number of carboxylic acid groups (broad SMARTS) is 1. The van der Waals surface area contributed by atoms with Crippen molar-refractivity contribution in [3.05, 3.63) is 47.8 Å². The number of nitrogens with zero attached hydrogens (tertiary/aromatic N) is 1. The van der Waals surface area contributed by atoms with E-state index in [1.165, 1.54) is 0 Å². The molecule has 0 aliphatic rings. The Morgan fingerprint density at radius 1 is 1.35 bits per heavy atom. The number of aromatic hydroxyl groups is 1. The van der Waals surface area contributed by atoms with Crippen LogP contribution in [0.5, 0.6) is 5.75 Å². The lowest BCUT2D eigenvalue weighted by Gasteiger charge is -2.08. The van der Waals surface area contributed by atoms with Gasteiger partial charge in [-0.05, 0) is 24.6 Å². The van der Waals surface area contributed by atoms with Crippen molar-refractivity contribution in [1.82, 2.24) is 4.57 Å². The number of hydrogen-bond donors (Lipinski definition) is 2. The van der Waals surface area contributed by atoms with Crippen LogP contribution in [0.25, 0.3) is 5.69 Å². The second-order valence-corrected chi connectivity index (χ2v) is 3.72. The zero-order valence-corrected chi connectivity index (χ0v) is 9.42. The van der Waals surface area contributed by atoms with Crippen LogP contribution >= 0.6 is 0 Å². The number of aromatic nitrogens is 1. The predicted octanol–water partition coefficient (Wildman–Crippen LogP) is 2.44. The molecule has 0 atom stereocenters. The highest BCUT2D eigenvalue weighted by molar-refractivity contribution is 5.89. The van der Waals surface area contributed by atoms with Crippen LogP contribution < -0.4 is 0 Å². The van der Waals surface area contributed by atoms with Gasteiger partial charge >= 0.3 is 5.97 Å². The Morgan fingerprint density at radius 3 is 2.71 bits per heavy atom. The Kier molecular flexibility index (Phi) is 2.87. The van der Waals surface area contributed by atoms with Gasteiger partial charge in [-0.25, -0.2) is 4.79 Å². The van der Waals surface area contributed by atoms with Gasteiger partial charge in [0.25, 0.3) is 0 Å². The van der Waals surface area contributed by atoms with Crippen LogP contribution in [0.2, 0.25) is 0 Å². The van der Waals surface area contributed by atoms with Crippen molar-refractivity contribution in [3.63, 3.8) is 0 Å². The smallest absolute Gasteiger partial charge is 0.337 e. The van der Waals surface area contributed by atoms with Crippen molar-refractivity contribution in [3.8, 4) is 11.4 Å². The van der Waals surface area contributed by atoms with Crippen molar-refractivity contribution >= 4 is 5.97 Å². The minimum Gasteiger partial charge on any atom is -0.508 e. The van der Waals surface area contributed by atoms with E-state index in [1.54, 1.807) is 35.0 Å². The number of aromatic carboxylic acids is 1. The van der Waals surface area contributed by atoms with Crippen LogP contribution in [0.3, 0.4) is 0 Å². The molecule has 0 bridgehead atoms. The van der Waals surface area contributed by atoms with Crippen molar-refractivity contribution in [2.75, 3.05) is 0 Å². The van der Waals surface area contributed by atoms with E-state index in [4.69, 9.17) is 5.11 Å². The summed E-state index contributed by atoms with van der Waals surface area (Å²) < 4.78 is 1.78. The summed E-state index contributed by atoms with van der Waals surface area (Å²) >= 11 is 0. The van der Waals surface area contributed by atoms with E-state index in [2.05, 4.69) is 0 Å². The molecule has 0 fully saturated rings. The third-order valence-corrected chi connectivity index (χ3v) is 2.67. The van der Waals surface area contributed by atoms with Gasteiger partial charge < -0.3 is 14.8 Å². The first-order valence-corrected chi connectivity index (χ1v) is 5.36. The van der Waals surface area contributed by atoms with Crippen LogP contribution in [0, 0.1) is 0 Å². The van der Waals surface area contributed by atoms with Gasteiger partial charge in [-0.2, -0.15) is 0 Å². The lowest BCUT2D eigenvalue weighted by atomic mass is 10.2. The van der Waals surface area contributed by atoms with Crippen LogP contribution in [0.15, 0.2) is 36.5 Å². The SMILES string of the molecule is CCc1c(C(=O)O)ccn1-c1cccc(O)c1. The third kappa shape index (κ3) is 2.01. The van der Waals surface area contributed by atoms with Crippen molar-refractivity contribution in [2.45, 2.75) is 13.3 Å². The largest absolute Gasteiger partial charge is 0.508 e. The van der Waals surface area contributed by atoms with E-state index in [-0.39, 0.29) is 5.75 Å². The molecule has 0 aliphatic carbocycles. The van der Waals surface area contributed by atoms with Gasteiger partial charge in [-0.3, -0.25) is 0 Å². The molecule has 0 aliphatic heterocycles. The summed E-state index contributed by atoms with van der Waals surface area (Å²) in [6, 6.07) is 8.31. The summed E-state index contributed by atoms with van der Waals surface area (Å²) in [5.41, 5.74) is 1.79. The normalized spacial score (nSPS) is 10.4. The highest BCUT2D eigenvalue weighted by Crippen LogP contribution is 2.21. The maximum absolute atomic E-state index is 11.0. The monoisotopic (exact) mass is 231 g/mol. The molecule has 2 rings (SSSR count). The number of carbonyl (C=O) groups is 1. The molecular weight excluding hydrogens is 218 g/mol. The highest BCUT2D eigenvalue weighted by Gasteiger charge is 2.14. The van der Waals surface area contributed by atoms with Gasteiger partial charge in [0.1, 0.15) is 5.75 Å². The molecule has 0 radical (unpaired) electrons. The summed E-state index contributed by atoms with van der Waals surface area (Å²) in [6.45, 7) is 1.90. The van der Waals surface area contributed by atoms with E-state index in [1.807, 2.05) is 13.0 Å². The number of phenolic OH excluding ortho intramolecular Hbond substituents is 1. The van der Waals surface area contributed by atoms with Crippen LogP contribution in [0.4, 0.5) is 0 Å². The van der Waals surface area contributed by atoms with Crippen molar-refractivity contribution < 1.29 is 15.0 Å². The Hall–Kier alpha value is -2.23. The quantitative estimate of drug-likeness (QED) is 0.852. The molecule has 0 unspecified atom stereocenters. The van der Waals surface area contributed by atoms with Gasteiger partial charge in [0.15, 0.2) is 0 Å². The Labute approximate surface area is 98.8 Å². The molecule has 2 aromatic rings. The number of rotatable bonds is 3. The van der Waals surface area contributed by atoms with Gasteiger partial charge in [0, 0.05) is 23.6 Å². The minimum absolute atomic E-state index is 0.162. The van der Waals surface area contributed by atoms with Gasteiger partial charge in [0.2, 0.25) is 0 Å². The fourth-order valence-corrected chi connectivity index (χ4v) is 1.91. The second-order valence-electron chi connectivity index (χ2n) is 3.72. The highest BCUT2D eigenvalue weighted by atomic mass is 16.4. The van der Waals surface area contributed by atoms with Crippen LogP contribution in [-0.4, -0.2) is 20.7 Å². The Bertz CT molecular complexity index is 558. The Balaban J connectivity index is 2.56. The molecule has 0 amide bonds. The van der Waals surface area contributed by atoms with Gasteiger partial charge in [-0.15, -0.1) is 0 Å². The minimum atomic E-state index is -0.930. The molecule has 0 saturated carbocycles. The molecule has 88 valence electrons. The number of hydrogen-bond acceptors (Lipinski definition) is 2. The summed E-state index contributed by atoms with van der Waals surface area (Å²) in [7, 11) is 0. The summed E-state index contributed by atoms with van der Waals surface area (Å²) in [6.07, 6.45) is 2.32. The van der Waals surface area contributed by atoms with Gasteiger partial charge in [0.05, 0.1) is 5.56 Å². The fraction of sp³-hybridized carbons (Fsp3) is 0.154. The average Bonchev–Trinajstić information content (AvgIpc) is 2.72. The van der Waals surface area contributed by atoms with E-state index >= 15 is 0 Å². The van der Waals surface area contributed by atoms with Crippen LogP contribution in [-0.2, 0) is 6.42 Å². The number of carboxylic acids is 1. The first kappa shape index (κ1) is 11.3. The maximum Gasteiger partial charge on any atom is 0.337 e. The standard InChI is InChI=1S/C13H13NO3/c1-2-12-11(13(16)17)6-7-14(12)9-4-3-5-10(15)8-9/h3-8,15H,2H2,1H3,(H,16,17). The zero-order chi connectivity index (χ0) is 12.4. The number of phenols is 1. The summed E-state index contributed by atoms with van der Waals surface area (Å²) in [5.74, 6) is -0.768. The molecule has 1 aromatic heterocycles. The molecule has 4 heteroatoms. The van der Waals surface area contributed by atoms with Crippen molar-refractivity contribution in [2.24, 2.45) is 0 Å². The van der Waals surface area contributed by atoms with E-state index < -0.39 is 5.97 Å². The van der Waals surface area contributed by atoms with Crippen molar-refractivity contribution in [1.29, 1.82) is 0 Å². The second kappa shape index (κ2) is 4.33. The average molecular weight is 231 g/mol. The van der Waals surface area contributed by atoms with E-state index in [0.29, 0.717) is 12.0 Å². The topological polar surface area (TPSA) is 62.5 Å². The number of benzene rings is 1. The summed E-state index contributed by atoms with van der Waals surface area (Å²) in [5, 5.41) is 18.5. The molecule has 1 aromatic carbocycles. The first-order chi connectivity index (χ1) is 8.13. The lowest BCUT2D eigenvalue weighted by Crippen LogP contribution is -2.04. The first-order valence-electron chi connectivity index (χ1n) is 5.36. The third-order valence-electron chi connectivity index (χ3n) is 2.67. The molecule has 4 nitrogen and oxygen atoms in total. The molecule has 17 heavy (non-hydrogen) atoms. The fourth-order valence-electron chi connectivity index (χ4n) is 1.91. The zero-order valence-electron chi connectivity index (χ0n) is 9.42. The molecule has 0 spiro atoms. The Morgan fingerprint density at radius 2 is 2.12 bits per heavy atom. The molecular formula is C13H13NO3. The predicted molar refractivity (Wildman–Crippen MR) is 63.8 cm³/mol. The van der Waals surface area contributed by atoms with Gasteiger partial charge in [-0.1, -0.05) is 13.0 Å². The molecule has 0 saturated heterocycles. The maximum atomic E-state index is 11.0. The molecule has 2 N–H and O–H groups in total.